The molecule has 5 rings (SSSR count). The first-order valence-electron chi connectivity index (χ1n) is 15.1. The molecule has 1 aliphatic heterocycles. The second-order valence-corrected chi connectivity index (χ2v) is 11.2. The van der Waals surface area contributed by atoms with Crippen molar-refractivity contribution in [2.75, 3.05) is 25.2 Å². The smallest absolute Gasteiger partial charge is 0.338 e. The van der Waals surface area contributed by atoms with Crippen LogP contribution in [0.4, 0.5) is 5.69 Å². The molecule has 1 aromatic heterocycles. The fraction of sp³-hybridized carbons (Fsp3) is 0.343. The third-order valence-corrected chi connectivity index (χ3v) is 7.94. The van der Waals surface area contributed by atoms with Crippen LogP contribution in [-0.2, 0) is 4.74 Å². The first kappa shape index (κ1) is 31.1. The Kier molecular flexibility index (Phi) is 9.90. The molecule has 4 aromatic rings. The van der Waals surface area contributed by atoms with E-state index in [1.165, 1.54) is 4.90 Å². The number of hydrogen-bond donors (Lipinski definition) is 0. The number of benzene rings is 3. The Hall–Kier alpha value is -4.30. The number of carbonyl (C=O) groups excluding carboxylic acids is 2. The lowest BCUT2D eigenvalue weighted by Crippen LogP contribution is -2.29. The third-order valence-electron chi connectivity index (χ3n) is 7.70. The predicted molar refractivity (Wildman–Crippen MR) is 170 cm³/mol. The maximum absolute atomic E-state index is 14.0. The number of ether oxygens (including phenoxy) is 3. The van der Waals surface area contributed by atoms with Gasteiger partial charge in [0.15, 0.2) is 16.9 Å². The van der Waals surface area contributed by atoms with E-state index in [0.29, 0.717) is 46.5 Å². The van der Waals surface area contributed by atoms with Gasteiger partial charge in [0.2, 0.25) is 5.76 Å². The van der Waals surface area contributed by atoms with Crippen LogP contribution in [0.2, 0.25) is 5.02 Å². The van der Waals surface area contributed by atoms with Crippen molar-refractivity contribution in [3.63, 3.8) is 0 Å². The van der Waals surface area contributed by atoms with Gasteiger partial charge in [0, 0.05) is 10.7 Å². The number of esters is 1. The van der Waals surface area contributed by atoms with Crippen molar-refractivity contribution >= 4 is 40.1 Å². The molecule has 3 aromatic carbocycles. The zero-order valence-electron chi connectivity index (χ0n) is 25.2. The highest BCUT2D eigenvalue weighted by atomic mass is 35.5. The molecule has 230 valence electrons. The monoisotopic (exact) mass is 617 g/mol. The minimum atomic E-state index is -0.841. The topological polar surface area (TPSA) is 95.3 Å². The van der Waals surface area contributed by atoms with Gasteiger partial charge in [0.25, 0.3) is 5.91 Å². The van der Waals surface area contributed by atoms with Crippen LogP contribution in [0.3, 0.4) is 0 Å². The highest BCUT2D eigenvalue weighted by Gasteiger charge is 2.44. The summed E-state index contributed by atoms with van der Waals surface area (Å²) in [4.78, 5) is 42.0. The molecule has 0 aliphatic carbocycles. The van der Waals surface area contributed by atoms with E-state index in [1.54, 1.807) is 61.7 Å². The van der Waals surface area contributed by atoms with Crippen molar-refractivity contribution in [3.8, 4) is 11.5 Å². The number of halogens is 1. The lowest BCUT2D eigenvalue weighted by atomic mass is 9.97. The number of nitrogens with zero attached hydrogens (tertiary/aromatic N) is 1. The summed E-state index contributed by atoms with van der Waals surface area (Å²) in [7, 11) is 1.55. The molecule has 0 spiro atoms. The van der Waals surface area contributed by atoms with E-state index in [1.807, 2.05) is 13.0 Å². The van der Waals surface area contributed by atoms with Crippen LogP contribution in [0.25, 0.3) is 11.0 Å². The van der Waals surface area contributed by atoms with E-state index >= 15 is 0 Å². The van der Waals surface area contributed by atoms with Crippen LogP contribution in [-0.4, -0.2) is 32.2 Å². The van der Waals surface area contributed by atoms with Gasteiger partial charge >= 0.3 is 5.97 Å². The quantitative estimate of drug-likeness (QED) is 0.110. The fourth-order valence-corrected chi connectivity index (χ4v) is 5.53. The van der Waals surface area contributed by atoms with E-state index in [4.69, 9.17) is 30.2 Å². The highest BCUT2D eigenvalue weighted by molar-refractivity contribution is 6.31. The molecule has 8 nitrogen and oxygen atoms in total. The number of amides is 1. The summed E-state index contributed by atoms with van der Waals surface area (Å²) in [5, 5.41) is 0.658. The summed E-state index contributed by atoms with van der Waals surface area (Å²) < 4.78 is 23.1. The van der Waals surface area contributed by atoms with Gasteiger partial charge in [-0.1, -0.05) is 57.2 Å². The minimum absolute atomic E-state index is 0.0481. The van der Waals surface area contributed by atoms with Crippen LogP contribution in [0.15, 0.2) is 69.9 Å². The number of rotatable bonds is 13. The summed E-state index contributed by atoms with van der Waals surface area (Å²) in [6, 6.07) is 15.8. The number of carbonyl (C=O) groups is 2. The summed E-state index contributed by atoms with van der Waals surface area (Å²) >= 11 is 6.23. The van der Waals surface area contributed by atoms with Gasteiger partial charge in [-0.15, -0.1) is 0 Å². The van der Waals surface area contributed by atoms with Gasteiger partial charge in [-0.3, -0.25) is 14.5 Å². The Morgan fingerprint density at radius 1 is 0.886 bits per heavy atom. The average Bonchev–Trinajstić information content (AvgIpc) is 3.33. The Labute approximate surface area is 261 Å². The molecule has 0 radical (unpaired) electrons. The largest absolute Gasteiger partial charge is 0.493 e. The van der Waals surface area contributed by atoms with E-state index in [2.05, 4.69) is 6.92 Å². The maximum Gasteiger partial charge on any atom is 0.338 e. The fourth-order valence-electron chi connectivity index (χ4n) is 5.36. The van der Waals surface area contributed by atoms with E-state index < -0.39 is 17.9 Å². The summed E-state index contributed by atoms with van der Waals surface area (Å²) in [6.45, 7) is 5.07. The SMILES string of the molecule is CCCCCCOc1ccc(C2c3c(oc4ccc(Cl)cc4c3=O)C(=O)N2c2ccc(C(=O)OCCCC)cc2)cc1OC. The molecule has 1 aliphatic rings. The minimum Gasteiger partial charge on any atom is -0.493 e. The number of unbranched alkanes of at least 4 members (excludes halogenated alkanes) is 4. The molecule has 44 heavy (non-hydrogen) atoms. The van der Waals surface area contributed by atoms with Crippen LogP contribution in [0.1, 0.15) is 90.5 Å². The van der Waals surface area contributed by atoms with Crippen LogP contribution >= 0.6 is 11.6 Å². The van der Waals surface area contributed by atoms with Gasteiger partial charge in [-0.2, -0.15) is 0 Å². The van der Waals surface area contributed by atoms with Crippen molar-refractivity contribution in [1.29, 1.82) is 0 Å². The highest BCUT2D eigenvalue weighted by Crippen LogP contribution is 2.43. The van der Waals surface area contributed by atoms with Gasteiger partial charge in [-0.25, -0.2) is 4.79 Å². The van der Waals surface area contributed by atoms with E-state index in [9.17, 15) is 14.4 Å². The van der Waals surface area contributed by atoms with Crippen LogP contribution in [0.5, 0.6) is 11.5 Å². The molecule has 0 N–H and O–H groups in total. The summed E-state index contributed by atoms with van der Waals surface area (Å²) in [6.07, 6.45) is 5.98. The van der Waals surface area contributed by atoms with Gasteiger partial charge in [0.05, 0.1) is 42.9 Å². The molecule has 1 amide bonds. The number of fused-ring (bicyclic) bond motifs is 2. The lowest BCUT2D eigenvalue weighted by Gasteiger charge is -2.26. The number of hydrogen-bond acceptors (Lipinski definition) is 7. The number of anilines is 1. The van der Waals surface area contributed by atoms with Gasteiger partial charge in [-0.05, 0) is 73.0 Å². The molecule has 1 unspecified atom stereocenters. The maximum atomic E-state index is 14.0. The molecular weight excluding hydrogens is 582 g/mol. The van der Waals surface area contributed by atoms with Crippen molar-refractivity contribution in [2.24, 2.45) is 0 Å². The summed E-state index contributed by atoms with van der Waals surface area (Å²) in [5.74, 6) is 0.0949. The van der Waals surface area contributed by atoms with Crippen molar-refractivity contribution in [1.82, 2.24) is 0 Å². The Morgan fingerprint density at radius 2 is 1.66 bits per heavy atom. The van der Waals surface area contributed by atoms with Crippen LogP contribution < -0.4 is 19.8 Å². The Bertz CT molecular complexity index is 1710. The second kappa shape index (κ2) is 14.0. The molecular formula is C35H36ClNO7. The first-order valence-corrected chi connectivity index (χ1v) is 15.4. The molecule has 2 heterocycles. The third kappa shape index (κ3) is 6.31. The van der Waals surface area contributed by atoms with Crippen molar-refractivity contribution in [2.45, 2.75) is 58.4 Å². The molecule has 0 fully saturated rings. The normalized spacial score (nSPS) is 14.1. The first-order chi connectivity index (χ1) is 21.4. The van der Waals surface area contributed by atoms with Gasteiger partial charge in [0.1, 0.15) is 5.58 Å². The Morgan fingerprint density at radius 3 is 2.39 bits per heavy atom. The van der Waals surface area contributed by atoms with E-state index in [-0.39, 0.29) is 27.7 Å². The van der Waals surface area contributed by atoms with Crippen molar-refractivity contribution in [3.05, 3.63) is 98.4 Å². The van der Waals surface area contributed by atoms with Crippen molar-refractivity contribution < 1.29 is 28.2 Å². The van der Waals surface area contributed by atoms with E-state index in [0.717, 1.165) is 38.5 Å². The molecule has 1 atom stereocenters. The zero-order chi connectivity index (χ0) is 31.2. The average molecular weight is 618 g/mol. The van der Waals surface area contributed by atoms with Gasteiger partial charge < -0.3 is 18.6 Å². The summed E-state index contributed by atoms with van der Waals surface area (Å²) in [5.41, 5.74) is 1.58. The zero-order valence-corrected chi connectivity index (χ0v) is 25.9. The lowest BCUT2D eigenvalue weighted by molar-refractivity contribution is 0.0499. The predicted octanol–water partition coefficient (Wildman–Crippen LogP) is 8.12. The standard InChI is InChI=1S/C35H36ClNO7/c1-4-6-8-9-19-42-28-16-12-23(20-29(28)41-3)31-30-32(38)26-21-24(36)13-17-27(26)44-33(30)34(39)37(31)25-14-10-22(11-15-25)35(40)43-18-7-5-2/h10-17,20-21,31H,4-9,18-19H2,1-3H3. The molecule has 0 saturated heterocycles. The Balaban J connectivity index is 1.57. The number of methoxy groups -OCH3 is 1. The second-order valence-electron chi connectivity index (χ2n) is 10.7. The van der Waals surface area contributed by atoms with Crippen LogP contribution in [0, 0.1) is 0 Å². The molecule has 9 heteroatoms. The molecule has 0 saturated carbocycles. The molecule has 0 bridgehead atoms.